The van der Waals surface area contributed by atoms with Crippen molar-refractivity contribution in [2.45, 2.75) is 31.1 Å². The normalized spacial score (nSPS) is 22.9. The minimum atomic E-state index is 0.661. The molecular weight excluding hydrogens is 268 g/mol. The standard InChI is InChI=1S/C20H16N2/c1-2-6-17-13(5-1)16-10-4-9-15-12-7-3-8-14(12)18-11-21-20(17)22(18)19(15)16/h1-2,4-6,9-12,14H,3,7-8H2. The summed E-state index contributed by atoms with van der Waals surface area (Å²) < 4.78 is 2.46. The van der Waals surface area contributed by atoms with Gasteiger partial charge in [-0.15, -0.1) is 0 Å². The van der Waals surface area contributed by atoms with Gasteiger partial charge >= 0.3 is 0 Å². The van der Waals surface area contributed by atoms with E-state index in [9.17, 15) is 0 Å². The van der Waals surface area contributed by atoms with Crippen molar-refractivity contribution in [3.05, 3.63) is 59.9 Å². The maximum atomic E-state index is 4.82. The topological polar surface area (TPSA) is 17.3 Å². The van der Waals surface area contributed by atoms with Crippen LogP contribution < -0.4 is 0 Å². The molecule has 0 bridgehead atoms. The third-order valence-corrected chi connectivity index (χ3v) is 5.83. The van der Waals surface area contributed by atoms with Gasteiger partial charge in [0.1, 0.15) is 5.65 Å². The Morgan fingerprint density at radius 2 is 1.68 bits per heavy atom. The summed E-state index contributed by atoms with van der Waals surface area (Å²) in [6, 6.07) is 15.6. The van der Waals surface area contributed by atoms with Gasteiger partial charge in [-0.05, 0) is 29.7 Å². The van der Waals surface area contributed by atoms with Crippen LogP contribution in [0.1, 0.15) is 42.4 Å². The zero-order chi connectivity index (χ0) is 14.3. The number of aromatic nitrogens is 2. The molecule has 0 spiro atoms. The second-order valence-electron chi connectivity index (χ2n) is 6.77. The fraction of sp³-hybridized carbons (Fsp3) is 0.250. The van der Waals surface area contributed by atoms with Crippen molar-refractivity contribution in [3.8, 4) is 0 Å². The van der Waals surface area contributed by atoms with Gasteiger partial charge in [-0.2, -0.15) is 0 Å². The fourth-order valence-electron chi connectivity index (χ4n) is 4.98. The quantitative estimate of drug-likeness (QED) is 0.415. The molecule has 2 aromatic carbocycles. The predicted molar refractivity (Wildman–Crippen MR) is 89.5 cm³/mol. The molecule has 2 aromatic heterocycles. The maximum absolute atomic E-state index is 4.82. The summed E-state index contributed by atoms with van der Waals surface area (Å²) in [7, 11) is 0. The number of nitrogens with zero attached hydrogens (tertiary/aromatic N) is 2. The van der Waals surface area contributed by atoms with E-state index in [4.69, 9.17) is 4.98 Å². The SMILES string of the molecule is c1ccc2c(c1)c1cccc3c1n1c(cnc21)C1CCCC31. The molecule has 1 aliphatic heterocycles. The number of pyridine rings is 1. The minimum absolute atomic E-state index is 0.661. The Hall–Kier alpha value is -2.35. The van der Waals surface area contributed by atoms with Crippen LogP contribution in [0.5, 0.6) is 0 Å². The van der Waals surface area contributed by atoms with E-state index in [0.717, 1.165) is 5.65 Å². The lowest BCUT2D eigenvalue weighted by atomic mass is 9.82. The molecule has 6 rings (SSSR count). The fourth-order valence-corrected chi connectivity index (χ4v) is 4.98. The van der Waals surface area contributed by atoms with Crippen LogP contribution in [0.25, 0.3) is 27.3 Å². The number of benzene rings is 2. The molecule has 22 heavy (non-hydrogen) atoms. The van der Waals surface area contributed by atoms with Gasteiger partial charge < -0.3 is 0 Å². The number of imidazole rings is 1. The first-order chi connectivity index (χ1) is 10.9. The van der Waals surface area contributed by atoms with E-state index in [2.05, 4.69) is 53.1 Å². The first-order valence-electron chi connectivity index (χ1n) is 8.24. The third kappa shape index (κ3) is 1.14. The zero-order valence-electron chi connectivity index (χ0n) is 12.3. The molecule has 2 aliphatic rings. The lowest BCUT2D eigenvalue weighted by molar-refractivity contribution is 0.593. The van der Waals surface area contributed by atoms with Crippen molar-refractivity contribution in [2.24, 2.45) is 0 Å². The van der Waals surface area contributed by atoms with Gasteiger partial charge in [0.2, 0.25) is 0 Å². The molecule has 1 fully saturated rings. The van der Waals surface area contributed by atoms with Crippen LogP contribution in [0, 0.1) is 0 Å². The van der Waals surface area contributed by atoms with Crippen LogP contribution in [-0.2, 0) is 0 Å². The van der Waals surface area contributed by atoms with E-state index in [1.165, 1.54) is 46.6 Å². The van der Waals surface area contributed by atoms with Gasteiger partial charge in [-0.25, -0.2) is 4.98 Å². The smallest absolute Gasteiger partial charge is 0.145 e. The summed E-state index contributed by atoms with van der Waals surface area (Å²) in [6.45, 7) is 0. The molecule has 0 saturated heterocycles. The van der Waals surface area contributed by atoms with Crippen LogP contribution in [-0.4, -0.2) is 9.38 Å². The van der Waals surface area contributed by atoms with Crippen LogP contribution in [0.2, 0.25) is 0 Å². The van der Waals surface area contributed by atoms with E-state index in [1.807, 2.05) is 0 Å². The van der Waals surface area contributed by atoms with E-state index in [-0.39, 0.29) is 0 Å². The Balaban J connectivity index is 1.98. The number of para-hydroxylation sites is 1. The summed E-state index contributed by atoms with van der Waals surface area (Å²) in [6.07, 6.45) is 6.11. The first-order valence-corrected chi connectivity index (χ1v) is 8.24. The summed E-state index contributed by atoms with van der Waals surface area (Å²) in [5.74, 6) is 1.35. The van der Waals surface area contributed by atoms with Gasteiger partial charge in [0.05, 0.1) is 5.52 Å². The van der Waals surface area contributed by atoms with E-state index < -0.39 is 0 Å². The Labute approximate surface area is 128 Å². The highest BCUT2D eigenvalue weighted by Crippen LogP contribution is 2.51. The van der Waals surface area contributed by atoms with Crippen LogP contribution in [0.3, 0.4) is 0 Å². The van der Waals surface area contributed by atoms with Gasteiger partial charge in [0.15, 0.2) is 0 Å². The molecule has 1 saturated carbocycles. The molecule has 2 atom stereocenters. The maximum Gasteiger partial charge on any atom is 0.145 e. The van der Waals surface area contributed by atoms with E-state index in [1.54, 1.807) is 5.56 Å². The summed E-state index contributed by atoms with van der Waals surface area (Å²) in [4.78, 5) is 4.82. The molecule has 2 heteroatoms. The molecule has 3 heterocycles. The molecular formula is C20H16N2. The van der Waals surface area contributed by atoms with Crippen molar-refractivity contribution >= 4 is 27.3 Å². The van der Waals surface area contributed by atoms with Gasteiger partial charge in [0, 0.05) is 28.6 Å². The van der Waals surface area contributed by atoms with Crippen molar-refractivity contribution in [1.82, 2.24) is 9.38 Å². The zero-order valence-corrected chi connectivity index (χ0v) is 12.3. The molecule has 4 aromatic rings. The number of hydrogen-bond donors (Lipinski definition) is 0. The van der Waals surface area contributed by atoms with Gasteiger partial charge in [0.25, 0.3) is 0 Å². The highest BCUT2D eigenvalue weighted by Gasteiger charge is 2.37. The monoisotopic (exact) mass is 284 g/mol. The van der Waals surface area contributed by atoms with E-state index in [0.29, 0.717) is 11.8 Å². The van der Waals surface area contributed by atoms with Crippen molar-refractivity contribution in [2.75, 3.05) is 0 Å². The molecule has 0 N–H and O–H groups in total. The Bertz CT molecular complexity index is 1070. The Kier molecular flexibility index (Phi) is 1.89. The predicted octanol–water partition coefficient (Wildman–Crippen LogP) is 5.01. The molecule has 0 amide bonds. The van der Waals surface area contributed by atoms with Gasteiger partial charge in [-0.3, -0.25) is 4.40 Å². The average molecular weight is 284 g/mol. The molecule has 2 nitrogen and oxygen atoms in total. The summed E-state index contributed by atoms with van der Waals surface area (Å²) >= 11 is 0. The van der Waals surface area contributed by atoms with Gasteiger partial charge in [-0.1, -0.05) is 48.9 Å². The molecule has 0 radical (unpaired) electrons. The lowest BCUT2D eigenvalue weighted by Gasteiger charge is -2.28. The summed E-state index contributed by atoms with van der Waals surface area (Å²) in [5, 5.41) is 3.99. The Morgan fingerprint density at radius 1 is 0.864 bits per heavy atom. The molecule has 106 valence electrons. The first kappa shape index (κ1) is 11.2. The van der Waals surface area contributed by atoms with E-state index >= 15 is 0 Å². The number of rotatable bonds is 0. The summed E-state index contributed by atoms with van der Waals surface area (Å²) in [5.41, 5.74) is 5.52. The largest absolute Gasteiger partial charge is 0.296 e. The minimum Gasteiger partial charge on any atom is -0.296 e. The van der Waals surface area contributed by atoms with Crippen molar-refractivity contribution in [3.63, 3.8) is 0 Å². The third-order valence-electron chi connectivity index (χ3n) is 5.83. The van der Waals surface area contributed by atoms with Crippen LogP contribution in [0.4, 0.5) is 0 Å². The highest BCUT2D eigenvalue weighted by molar-refractivity contribution is 6.12. The van der Waals surface area contributed by atoms with Crippen LogP contribution >= 0.6 is 0 Å². The number of fused-ring (bicyclic) bond motifs is 6. The molecule has 1 aliphatic carbocycles. The molecule has 2 unspecified atom stereocenters. The second-order valence-corrected chi connectivity index (χ2v) is 6.77. The number of hydrogen-bond acceptors (Lipinski definition) is 1. The average Bonchev–Trinajstić information content (AvgIpc) is 3.21. The van der Waals surface area contributed by atoms with Crippen molar-refractivity contribution in [1.29, 1.82) is 0 Å². The van der Waals surface area contributed by atoms with Crippen LogP contribution in [0.15, 0.2) is 48.7 Å². The van der Waals surface area contributed by atoms with Crippen molar-refractivity contribution < 1.29 is 0 Å². The second kappa shape index (κ2) is 3.70. The highest BCUT2D eigenvalue weighted by atomic mass is 15.0. The lowest BCUT2D eigenvalue weighted by Crippen LogP contribution is -2.15. The Morgan fingerprint density at radius 3 is 2.64 bits per heavy atom.